The van der Waals surface area contributed by atoms with E-state index in [-0.39, 0.29) is 72.0 Å². The number of carboxylic acids is 2. The maximum atomic E-state index is 10.2. The zero-order chi connectivity index (χ0) is 19.4. The van der Waals surface area contributed by atoms with Crippen molar-refractivity contribution in [2.45, 2.75) is 52.4 Å². The smallest absolute Gasteiger partial charge is 0.550 e. The second-order valence-electron chi connectivity index (χ2n) is 6.30. The van der Waals surface area contributed by atoms with Crippen molar-refractivity contribution < 1.29 is 78.9 Å². The summed E-state index contributed by atoms with van der Waals surface area (Å²) in [5, 5.41) is 20.3. The molecule has 2 rings (SSSR count). The van der Waals surface area contributed by atoms with E-state index in [4.69, 9.17) is 0 Å². The van der Waals surface area contributed by atoms with Gasteiger partial charge in [-0.25, -0.2) is 0 Å². The second-order valence-corrected chi connectivity index (χ2v) is 6.30. The summed E-state index contributed by atoms with van der Waals surface area (Å²) in [5.41, 5.74) is 4.90. The predicted octanol–water partition coefficient (Wildman–Crippen LogP) is -3.86. The number of carbonyl (C=O) groups is 2. The van der Waals surface area contributed by atoms with Crippen LogP contribution in [0.25, 0.3) is 0 Å². The van der Waals surface area contributed by atoms with Crippen LogP contribution >= 0.6 is 0 Å². The summed E-state index contributed by atoms with van der Waals surface area (Å²) in [6, 6.07) is 16.1. The number of carbonyl (C=O) groups excluding carboxylic acids is 2. The van der Waals surface area contributed by atoms with E-state index < -0.39 is 11.9 Å². The Bertz CT molecular complexity index is 656. The molecule has 4 nitrogen and oxygen atoms in total. The van der Waals surface area contributed by atoms with Crippen molar-refractivity contribution in [2.75, 3.05) is 0 Å². The van der Waals surface area contributed by atoms with Crippen molar-refractivity contribution >= 4 is 11.9 Å². The summed E-state index contributed by atoms with van der Waals surface area (Å²) < 4.78 is 0. The fourth-order valence-electron chi connectivity index (χ4n) is 2.63. The Labute approximate surface area is 212 Å². The van der Waals surface area contributed by atoms with Crippen LogP contribution in [-0.4, -0.2) is 11.9 Å². The van der Waals surface area contributed by atoms with Crippen molar-refractivity contribution in [1.29, 1.82) is 0 Å². The van der Waals surface area contributed by atoms with Gasteiger partial charge in [0.05, 0.1) is 0 Å². The zero-order valence-electron chi connectivity index (χ0n) is 17.5. The molecule has 6 heteroatoms. The van der Waals surface area contributed by atoms with Gasteiger partial charge in [-0.2, -0.15) is 0 Å². The quantitative estimate of drug-likeness (QED) is 0.425. The number of hydrogen-bond donors (Lipinski definition) is 0. The van der Waals surface area contributed by atoms with E-state index >= 15 is 0 Å². The van der Waals surface area contributed by atoms with Gasteiger partial charge in [-0.15, -0.1) is 0 Å². The minimum atomic E-state index is -0.964. The first-order valence-electron chi connectivity index (χ1n) is 8.89. The van der Waals surface area contributed by atoms with Crippen LogP contribution in [0, 0.1) is 13.8 Å². The minimum Gasteiger partial charge on any atom is -0.550 e. The third-order valence-corrected chi connectivity index (χ3v) is 4.18. The van der Waals surface area contributed by atoms with Crippen molar-refractivity contribution in [3.05, 3.63) is 70.8 Å². The van der Waals surface area contributed by atoms with Gasteiger partial charge in [0, 0.05) is 11.9 Å². The molecule has 0 spiro atoms. The molecule has 0 N–H and O–H groups in total. The van der Waals surface area contributed by atoms with Gasteiger partial charge < -0.3 is 19.8 Å². The summed E-state index contributed by atoms with van der Waals surface area (Å²) in [6.45, 7) is 4.07. The molecule has 0 saturated heterocycles. The maximum Gasteiger partial charge on any atom is 1.00 e. The molecule has 2 aromatic rings. The predicted molar refractivity (Wildman–Crippen MR) is 98.2 cm³/mol. The molecule has 0 amide bonds. The first-order valence-corrected chi connectivity index (χ1v) is 8.89. The molecule has 140 valence electrons. The second kappa shape index (κ2) is 17.3. The van der Waals surface area contributed by atoms with E-state index in [0.717, 1.165) is 12.8 Å². The Balaban J connectivity index is 0. The third kappa shape index (κ3) is 13.5. The minimum absolute atomic E-state index is 0. The molecule has 0 aromatic heterocycles. The molecular formula is C22H26Na2O4. The van der Waals surface area contributed by atoms with Crippen LogP contribution in [0.3, 0.4) is 0 Å². The molecule has 0 radical (unpaired) electrons. The summed E-state index contributed by atoms with van der Waals surface area (Å²) in [7, 11) is 0. The maximum absolute atomic E-state index is 10.2. The van der Waals surface area contributed by atoms with Gasteiger partial charge in [0.25, 0.3) is 0 Å². The third-order valence-electron chi connectivity index (χ3n) is 4.18. The molecule has 0 aliphatic carbocycles. The van der Waals surface area contributed by atoms with Crippen LogP contribution in [-0.2, 0) is 22.4 Å². The van der Waals surface area contributed by atoms with Gasteiger partial charge in [0.2, 0.25) is 0 Å². The van der Waals surface area contributed by atoms with Gasteiger partial charge in [0.15, 0.2) is 0 Å². The Morgan fingerprint density at radius 2 is 1.00 bits per heavy atom. The Morgan fingerprint density at radius 1 is 0.679 bits per heavy atom. The molecule has 28 heavy (non-hydrogen) atoms. The van der Waals surface area contributed by atoms with E-state index in [1.54, 1.807) is 0 Å². The first kappa shape index (κ1) is 29.6. The van der Waals surface area contributed by atoms with Gasteiger partial charge in [-0.05, 0) is 74.6 Å². The SMILES string of the molecule is Cc1ccccc1CCCC(=O)[O-].Cc1ccccc1CCCC(=O)[O-].[Na+].[Na+]. The van der Waals surface area contributed by atoms with Gasteiger partial charge in [-0.3, -0.25) is 0 Å². The van der Waals surface area contributed by atoms with Crippen molar-refractivity contribution in [1.82, 2.24) is 0 Å². The van der Waals surface area contributed by atoms with Crippen LogP contribution in [0.4, 0.5) is 0 Å². The fourth-order valence-corrected chi connectivity index (χ4v) is 2.63. The molecule has 0 saturated carbocycles. The molecule has 0 aliphatic rings. The average molecular weight is 400 g/mol. The summed E-state index contributed by atoms with van der Waals surface area (Å²) in [4.78, 5) is 20.3. The first-order chi connectivity index (χ1) is 12.4. The van der Waals surface area contributed by atoms with E-state index in [1.165, 1.54) is 22.3 Å². The van der Waals surface area contributed by atoms with Crippen LogP contribution in [0.5, 0.6) is 0 Å². The van der Waals surface area contributed by atoms with Gasteiger partial charge in [-0.1, -0.05) is 48.5 Å². The standard InChI is InChI=1S/2C11H14O2.2Na/c2*1-9-5-2-3-6-10(9)7-4-8-11(12)13;;/h2*2-3,5-6H,4,7-8H2,1H3,(H,12,13);;/q;;2*+1/p-2. The number of rotatable bonds is 8. The molecule has 2 aromatic carbocycles. The van der Waals surface area contributed by atoms with Crippen LogP contribution < -0.4 is 69.3 Å². The van der Waals surface area contributed by atoms with E-state index in [0.29, 0.717) is 12.8 Å². The van der Waals surface area contributed by atoms with Crippen molar-refractivity contribution in [3.63, 3.8) is 0 Å². The molecule has 0 bridgehead atoms. The number of carboxylic acid groups (broad SMARTS) is 2. The molecule has 0 unspecified atom stereocenters. The van der Waals surface area contributed by atoms with E-state index in [1.807, 2.05) is 62.4 Å². The fraction of sp³-hybridized carbons (Fsp3) is 0.364. The topological polar surface area (TPSA) is 80.3 Å². The summed E-state index contributed by atoms with van der Waals surface area (Å²) in [5.74, 6) is -1.93. The van der Waals surface area contributed by atoms with Crippen molar-refractivity contribution in [3.8, 4) is 0 Å². The molecule has 0 heterocycles. The Kier molecular flexibility index (Phi) is 18.2. The molecular weight excluding hydrogens is 374 g/mol. The molecule has 0 aliphatic heterocycles. The summed E-state index contributed by atoms with van der Waals surface area (Å²) in [6.07, 6.45) is 3.25. The largest absolute Gasteiger partial charge is 1.00 e. The van der Waals surface area contributed by atoms with Gasteiger partial charge >= 0.3 is 59.1 Å². The number of aliphatic carboxylic acids is 2. The van der Waals surface area contributed by atoms with Crippen LogP contribution in [0.15, 0.2) is 48.5 Å². The van der Waals surface area contributed by atoms with Gasteiger partial charge in [0.1, 0.15) is 0 Å². The molecule has 0 fully saturated rings. The number of benzene rings is 2. The van der Waals surface area contributed by atoms with Crippen molar-refractivity contribution in [2.24, 2.45) is 0 Å². The zero-order valence-corrected chi connectivity index (χ0v) is 21.5. The Hall–Kier alpha value is -0.620. The summed E-state index contributed by atoms with van der Waals surface area (Å²) >= 11 is 0. The Morgan fingerprint density at radius 3 is 1.29 bits per heavy atom. The van der Waals surface area contributed by atoms with E-state index in [9.17, 15) is 19.8 Å². The monoisotopic (exact) mass is 400 g/mol. The normalized spacial score (nSPS) is 9.21. The van der Waals surface area contributed by atoms with E-state index in [2.05, 4.69) is 0 Å². The van der Waals surface area contributed by atoms with Crippen LogP contribution in [0.1, 0.15) is 47.9 Å². The number of aryl methyl sites for hydroxylation is 4. The van der Waals surface area contributed by atoms with Crippen LogP contribution in [0.2, 0.25) is 0 Å². The number of hydrogen-bond acceptors (Lipinski definition) is 4. The molecule has 0 atom stereocenters. The average Bonchev–Trinajstić information content (AvgIpc) is 2.58.